The van der Waals surface area contributed by atoms with Gasteiger partial charge < -0.3 is 5.11 Å². The predicted molar refractivity (Wildman–Crippen MR) is 71.3 cm³/mol. The van der Waals surface area contributed by atoms with Crippen LogP contribution in [0.3, 0.4) is 0 Å². The summed E-state index contributed by atoms with van der Waals surface area (Å²) in [6.07, 6.45) is 0.180. The average molecular weight is 293 g/mol. The van der Waals surface area contributed by atoms with Gasteiger partial charge in [-0.15, -0.1) is 0 Å². The predicted octanol–water partition coefficient (Wildman–Crippen LogP) is 3.87. The molecule has 0 atom stereocenters. The Bertz CT molecular complexity index is 679. The lowest BCUT2D eigenvalue weighted by molar-refractivity contribution is -0.137. The molecule has 3 nitrogen and oxygen atoms in total. The lowest BCUT2D eigenvalue weighted by atomic mass is 9.94. The van der Waals surface area contributed by atoms with Gasteiger partial charge in [-0.2, -0.15) is 13.2 Å². The number of aromatic nitrogens is 1. The molecule has 1 N–H and O–H groups in total. The van der Waals surface area contributed by atoms with E-state index in [1.165, 1.54) is 36.7 Å². The Kier molecular flexibility index (Phi) is 4.07. The topological polar surface area (TPSA) is 50.2 Å². The zero-order valence-electron chi connectivity index (χ0n) is 10.6. The van der Waals surface area contributed by atoms with Crippen molar-refractivity contribution in [3.05, 3.63) is 59.9 Å². The van der Waals surface area contributed by atoms with Gasteiger partial charge in [0.25, 0.3) is 0 Å². The van der Waals surface area contributed by atoms with Gasteiger partial charge in [-0.05, 0) is 35.4 Å². The summed E-state index contributed by atoms with van der Waals surface area (Å²) in [4.78, 5) is 14.4. The van der Waals surface area contributed by atoms with Crippen LogP contribution in [0.5, 0.6) is 0 Å². The first-order valence-electron chi connectivity index (χ1n) is 5.91. The molecule has 0 aliphatic carbocycles. The van der Waals surface area contributed by atoms with E-state index in [0.717, 1.165) is 18.2 Å². The lowest BCUT2D eigenvalue weighted by Crippen LogP contribution is -2.08. The molecule has 0 saturated heterocycles. The number of benzene rings is 1. The minimum atomic E-state index is -4.54. The number of carboxylic acids is 1. The molecule has 0 amide bonds. The number of nitrogens with zero attached hydrogens (tertiary/aromatic N) is 1. The summed E-state index contributed by atoms with van der Waals surface area (Å²) in [5.74, 6) is -1.23. The minimum absolute atomic E-state index is 0.0649. The molecule has 0 fully saturated rings. The van der Waals surface area contributed by atoms with E-state index >= 15 is 0 Å². The van der Waals surface area contributed by atoms with E-state index < -0.39 is 17.7 Å². The molecule has 0 spiro atoms. The van der Waals surface area contributed by atoms with Crippen LogP contribution < -0.4 is 0 Å². The Balaban J connectivity index is 2.70. The van der Waals surface area contributed by atoms with Gasteiger partial charge in [0.2, 0.25) is 0 Å². The number of halogens is 3. The Morgan fingerprint density at radius 1 is 1.14 bits per heavy atom. The van der Waals surface area contributed by atoms with Gasteiger partial charge in [0.15, 0.2) is 0 Å². The fourth-order valence-electron chi connectivity index (χ4n) is 1.95. The van der Waals surface area contributed by atoms with Gasteiger partial charge in [0.05, 0.1) is 5.56 Å². The summed E-state index contributed by atoms with van der Waals surface area (Å²) in [6.45, 7) is 0. The van der Waals surface area contributed by atoms with E-state index in [1.54, 1.807) is 0 Å². The maximum atomic E-state index is 13.2. The maximum absolute atomic E-state index is 13.2. The molecule has 108 valence electrons. The minimum Gasteiger partial charge on any atom is -0.478 e. The highest BCUT2D eigenvalue weighted by Crippen LogP contribution is 2.39. The third-order valence-corrected chi connectivity index (χ3v) is 2.78. The van der Waals surface area contributed by atoms with Gasteiger partial charge in [0.1, 0.15) is 0 Å². The van der Waals surface area contributed by atoms with Crippen molar-refractivity contribution in [3.8, 4) is 11.1 Å². The largest absolute Gasteiger partial charge is 0.478 e. The molecule has 1 heterocycles. The van der Waals surface area contributed by atoms with Crippen molar-refractivity contribution in [1.29, 1.82) is 0 Å². The van der Waals surface area contributed by atoms with Crippen molar-refractivity contribution >= 4 is 12.0 Å². The molecule has 2 rings (SSSR count). The van der Waals surface area contributed by atoms with Crippen molar-refractivity contribution in [2.75, 3.05) is 0 Å². The molecule has 0 unspecified atom stereocenters. The highest BCUT2D eigenvalue weighted by atomic mass is 19.4. The molecule has 0 radical (unpaired) electrons. The zero-order chi connectivity index (χ0) is 15.5. The van der Waals surface area contributed by atoms with Crippen LogP contribution in [0.2, 0.25) is 0 Å². The Hall–Kier alpha value is -2.63. The van der Waals surface area contributed by atoms with Crippen LogP contribution >= 0.6 is 0 Å². The molecule has 0 bridgehead atoms. The number of rotatable bonds is 3. The van der Waals surface area contributed by atoms with Gasteiger partial charge in [0, 0.05) is 24.0 Å². The van der Waals surface area contributed by atoms with E-state index in [2.05, 4.69) is 4.98 Å². The normalized spacial score (nSPS) is 11.8. The van der Waals surface area contributed by atoms with E-state index in [-0.39, 0.29) is 11.1 Å². The fourth-order valence-corrected chi connectivity index (χ4v) is 1.95. The molecule has 21 heavy (non-hydrogen) atoms. The summed E-state index contributed by atoms with van der Waals surface area (Å²) < 4.78 is 39.5. The van der Waals surface area contributed by atoms with Crippen LogP contribution in [0, 0.1) is 0 Å². The van der Waals surface area contributed by atoms with Crippen LogP contribution in [0.4, 0.5) is 13.2 Å². The van der Waals surface area contributed by atoms with Crippen LogP contribution in [0.25, 0.3) is 17.2 Å². The molecule has 1 aromatic heterocycles. The number of alkyl halides is 3. The van der Waals surface area contributed by atoms with E-state index in [0.29, 0.717) is 5.56 Å². The Labute approximate surface area is 118 Å². The van der Waals surface area contributed by atoms with Crippen LogP contribution in [0.1, 0.15) is 11.1 Å². The highest BCUT2D eigenvalue weighted by Gasteiger charge is 2.34. The Morgan fingerprint density at radius 3 is 2.38 bits per heavy atom. The zero-order valence-corrected chi connectivity index (χ0v) is 10.6. The van der Waals surface area contributed by atoms with Gasteiger partial charge in [-0.1, -0.05) is 12.1 Å². The standard InChI is InChI=1S/C15H10F3NO2/c16-15(17,18)12-3-1-2-10(4-5-13(20)21)14(12)11-6-8-19-9-7-11/h1-9H,(H,20,21)/b5-4+. The number of hydrogen-bond acceptors (Lipinski definition) is 2. The number of carboxylic acid groups (broad SMARTS) is 1. The summed E-state index contributed by atoms with van der Waals surface area (Å²) in [7, 11) is 0. The number of carbonyl (C=O) groups is 1. The molecule has 2 aromatic rings. The van der Waals surface area contributed by atoms with Crippen LogP contribution in [-0.4, -0.2) is 16.1 Å². The van der Waals surface area contributed by atoms with Crippen molar-refractivity contribution < 1.29 is 23.1 Å². The van der Waals surface area contributed by atoms with Crippen LogP contribution in [0.15, 0.2) is 48.8 Å². The molecular weight excluding hydrogens is 283 g/mol. The first-order chi connectivity index (χ1) is 9.89. The van der Waals surface area contributed by atoms with Crippen molar-refractivity contribution in [1.82, 2.24) is 4.98 Å². The van der Waals surface area contributed by atoms with Crippen molar-refractivity contribution in [2.24, 2.45) is 0 Å². The fraction of sp³-hybridized carbons (Fsp3) is 0.0667. The van der Waals surface area contributed by atoms with Gasteiger partial charge in [-0.25, -0.2) is 4.79 Å². The lowest BCUT2D eigenvalue weighted by Gasteiger charge is -2.15. The molecular formula is C15H10F3NO2. The average Bonchev–Trinajstić information content (AvgIpc) is 2.44. The summed E-state index contributed by atoms with van der Waals surface area (Å²) >= 11 is 0. The van der Waals surface area contributed by atoms with E-state index in [4.69, 9.17) is 5.11 Å². The smallest absolute Gasteiger partial charge is 0.417 e. The first-order valence-corrected chi connectivity index (χ1v) is 5.91. The van der Waals surface area contributed by atoms with Crippen molar-refractivity contribution in [3.63, 3.8) is 0 Å². The number of aliphatic carboxylic acids is 1. The highest BCUT2D eigenvalue weighted by molar-refractivity contribution is 5.88. The molecule has 1 aromatic carbocycles. The maximum Gasteiger partial charge on any atom is 0.417 e. The second-order valence-electron chi connectivity index (χ2n) is 4.18. The SMILES string of the molecule is O=C(O)/C=C/c1cccc(C(F)(F)F)c1-c1ccncc1. The third-order valence-electron chi connectivity index (χ3n) is 2.78. The van der Waals surface area contributed by atoms with Gasteiger partial charge in [-0.3, -0.25) is 4.98 Å². The number of pyridine rings is 1. The number of hydrogen-bond donors (Lipinski definition) is 1. The Morgan fingerprint density at radius 2 is 1.81 bits per heavy atom. The second-order valence-corrected chi connectivity index (χ2v) is 4.18. The van der Waals surface area contributed by atoms with Crippen molar-refractivity contribution in [2.45, 2.75) is 6.18 Å². The van der Waals surface area contributed by atoms with Crippen LogP contribution in [-0.2, 0) is 11.0 Å². The molecule has 0 saturated carbocycles. The van der Waals surface area contributed by atoms with Gasteiger partial charge >= 0.3 is 12.1 Å². The van der Waals surface area contributed by atoms with E-state index in [9.17, 15) is 18.0 Å². The summed E-state index contributed by atoms with van der Waals surface area (Å²) in [5, 5.41) is 8.65. The first kappa shape index (κ1) is 14.8. The quantitative estimate of drug-likeness (QED) is 0.874. The monoisotopic (exact) mass is 293 g/mol. The molecule has 6 heteroatoms. The summed E-state index contributed by atoms with van der Waals surface area (Å²) in [6, 6.07) is 6.54. The second kappa shape index (κ2) is 5.78. The summed E-state index contributed by atoms with van der Waals surface area (Å²) in [5.41, 5.74) is -0.382. The van der Waals surface area contributed by atoms with E-state index in [1.807, 2.05) is 0 Å². The third kappa shape index (κ3) is 3.47. The molecule has 0 aliphatic rings. The molecule has 0 aliphatic heterocycles.